The van der Waals surface area contributed by atoms with Gasteiger partial charge in [-0.15, -0.1) is 0 Å². The fourth-order valence-corrected chi connectivity index (χ4v) is 3.16. The molecule has 2 aromatic heterocycles. The van der Waals surface area contributed by atoms with Crippen LogP contribution in [0.15, 0.2) is 67.3 Å². The van der Waals surface area contributed by atoms with Gasteiger partial charge in [-0.2, -0.15) is 5.10 Å². The maximum absolute atomic E-state index is 13.1. The van der Waals surface area contributed by atoms with Gasteiger partial charge < -0.3 is 10.2 Å². The molecule has 0 aliphatic heterocycles. The number of para-hydroxylation sites is 2. The topological polar surface area (TPSA) is 63.1 Å². The summed E-state index contributed by atoms with van der Waals surface area (Å²) < 4.78 is 1.75. The SMILES string of the molecule is C[C@H](c1cccnc1)N(C(=O)Nc1ccccc1-n1cccn1)C1CC1. The molecule has 6 heteroatoms. The Morgan fingerprint density at radius 3 is 2.73 bits per heavy atom. The molecule has 1 saturated carbocycles. The first-order valence-corrected chi connectivity index (χ1v) is 8.82. The molecule has 0 bridgehead atoms. The normalized spacial score (nSPS) is 14.7. The molecule has 1 aliphatic carbocycles. The minimum absolute atomic E-state index is 0.0342. The number of hydrogen-bond acceptors (Lipinski definition) is 3. The molecule has 0 spiro atoms. The van der Waals surface area contributed by atoms with Gasteiger partial charge in [0.05, 0.1) is 17.4 Å². The van der Waals surface area contributed by atoms with Crippen LogP contribution in [0.25, 0.3) is 5.69 Å². The number of nitrogens with zero attached hydrogens (tertiary/aromatic N) is 4. The quantitative estimate of drug-likeness (QED) is 0.758. The van der Waals surface area contributed by atoms with Crippen molar-refractivity contribution >= 4 is 11.7 Å². The fraction of sp³-hybridized carbons (Fsp3) is 0.250. The van der Waals surface area contributed by atoms with Crippen molar-refractivity contribution in [2.45, 2.75) is 31.8 Å². The molecule has 1 fully saturated rings. The molecule has 0 unspecified atom stereocenters. The molecule has 2 heterocycles. The summed E-state index contributed by atoms with van der Waals surface area (Å²) in [6.45, 7) is 2.05. The molecule has 1 aliphatic rings. The molecule has 26 heavy (non-hydrogen) atoms. The monoisotopic (exact) mass is 347 g/mol. The lowest BCUT2D eigenvalue weighted by Crippen LogP contribution is -2.39. The Labute approximate surface area is 152 Å². The van der Waals surface area contributed by atoms with E-state index in [0.29, 0.717) is 0 Å². The summed E-state index contributed by atoms with van der Waals surface area (Å²) in [5.41, 5.74) is 2.62. The Kier molecular flexibility index (Phi) is 4.39. The van der Waals surface area contributed by atoms with Gasteiger partial charge in [-0.3, -0.25) is 4.98 Å². The molecule has 1 aromatic carbocycles. The van der Waals surface area contributed by atoms with Crippen LogP contribution in [0.5, 0.6) is 0 Å². The second-order valence-corrected chi connectivity index (χ2v) is 6.50. The fourth-order valence-electron chi connectivity index (χ4n) is 3.16. The van der Waals surface area contributed by atoms with Gasteiger partial charge in [-0.25, -0.2) is 9.48 Å². The van der Waals surface area contributed by atoms with E-state index in [0.717, 1.165) is 29.8 Å². The van der Waals surface area contributed by atoms with Crippen LogP contribution in [0.1, 0.15) is 31.4 Å². The predicted molar refractivity (Wildman–Crippen MR) is 100 cm³/mol. The van der Waals surface area contributed by atoms with Gasteiger partial charge in [0.25, 0.3) is 0 Å². The van der Waals surface area contributed by atoms with Crippen LogP contribution in [-0.2, 0) is 0 Å². The van der Waals surface area contributed by atoms with E-state index in [2.05, 4.69) is 15.4 Å². The number of pyridine rings is 1. The lowest BCUT2D eigenvalue weighted by Gasteiger charge is -2.30. The van der Waals surface area contributed by atoms with Gasteiger partial charge in [0.1, 0.15) is 0 Å². The maximum atomic E-state index is 13.1. The number of anilines is 1. The first-order chi connectivity index (χ1) is 12.7. The Morgan fingerprint density at radius 2 is 2.04 bits per heavy atom. The minimum Gasteiger partial charge on any atom is -0.315 e. The van der Waals surface area contributed by atoms with Crippen molar-refractivity contribution in [2.75, 3.05) is 5.32 Å². The number of nitrogens with one attached hydrogen (secondary N) is 1. The predicted octanol–water partition coefficient (Wildman–Crippen LogP) is 4.02. The lowest BCUT2D eigenvalue weighted by molar-refractivity contribution is 0.189. The number of aromatic nitrogens is 3. The highest BCUT2D eigenvalue weighted by Crippen LogP contribution is 2.35. The lowest BCUT2D eigenvalue weighted by atomic mass is 10.1. The van der Waals surface area contributed by atoms with Crippen LogP contribution >= 0.6 is 0 Å². The summed E-state index contributed by atoms with van der Waals surface area (Å²) in [5, 5.41) is 7.35. The second kappa shape index (κ2) is 7.00. The van der Waals surface area contributed by atoms with E-state index in [-0.39, 0.29) is 18.1 Å². The number of rotatable bonds is 5. The van der Waals surface area contributed by atoms with E-state index in [1.54, 1.807) is 17.1 Å². The Balaban J connectivity index is 1.59. The summed E-state index contributed by atoms with van der Waals surface area (Å²) in [6.07, 6.45) is 9.24. The molecule has 1 atom stereocenters. The summed E-state index contributed by atoms with van der Waals surface area (Å²) in [5.74, 6) is 0. The molecule has 0 saturated heterocycles. The molecule has 0 radical (unpaired) electrons. The largest absolute Gasteiger partial charge is 0.322 e. The minimum atomic E-state index is -0.0940. The first kappa shape index (κ1) is 16.3. The van der Waals surface area contributed by atoms with Crippen molar-refractivity contribution in [1.29, 1.82) is 0 Å². The Hall–Kier alpha value is -3.15. The van der Waals surface area contributed by atoms with Crippen molar-refractivity contribution < 1.29 is 4.79 Å². The van der Waals surface area contributed by atoms with Gasteiger partial charge >= 0.3 is 6.03 Å². The molecule has 132 valence electrons. The zero-order valence-electron chi connectivity index (χ0n) is 14.6. The van der Waals surface area contributed by atoms with Crippen molar-refractivity contribution in [3.8, 4) is 5.69 Å². The summed E-state index contributed by atoms with van der Waals surface area (Å²) in [4.78, 5) is 19.2. The maximum Gasteiger partial charge on any atom is 0.322 e. The zero-order chi connectivity index (χ0) is 17.9. The van der Waals surface area contributed by atoms with Crippen molar-refractivity contribution in [2.24, 2.45) is 0 Å². The highest BCUT2D eigenvalue weighted by atomic mass is 16.2. The summed E-state index contributed by atoms with van der Waals surface area (Å²) >= 11 is 0. The highest BCUT2D eigenvalue weighted by molar-refractivity contribution is 5.92. The van der Waals surface area contributed by atoms with Crippen LogP contribution in [0.4, 0.5) is 10.5 Å². The van der Waals surface area contributed by atoms with E-state index in [4.69, 9.17) is 0 Å². The molecular weight excluding hydrogens is 326 g/mol. The first-order valence-electron chi connectivity index (χ1n) is 8.82. The average Bonchev–Trinajstić information content (AvgIpc) is 3.35. The second-order valence-electron chi connectivity index (χ2n) is 6.50. The van der Waals surface area contributed by atoms with Crippen molar-refractivity contribution in [1.82, 2.24) is 19.7 Å². The third-order valence-electron chi connectivity index (χ3n) is 4.66. The Bertz CT molecular complexity index is 874. The number of carbonyl (C=O) groups excluding carboxylic acids is 1. The number of amides is 2. The van der Waals surface area contributed by atoms with E-state index in [1.807, 2.05) is 66.7 Å². The van der Waals surface area contributed by atoms with Crippen LogP contribution in [0.3, 0.4) is 0 Å². The molecule has 2 amide bonds. The van der Waals surface area contributed by atoms with Gasteiger partial charge in [0.15, 0.2) is 0 Å². The van der Waals surface area contributed by atoms with Crippen LogP contribution in [0, 0.1) is 0 Å². The number of benzene rings is 1. The third-order valence-corrected chi connectivity index (χ3v) is 4.66. The molecule has 3 aromatic rings. The smallest absolute Gasteiger partial charge is 0.315 e. The number of hydrogen-bond donors (Lipinski definition) is 1. The summed E-state index contributed by atoms with van der Waals surface area (Å²) in [7, 11) is 0. The van der Waals surface area contributed by atoms with E-state index in [9.17, 15) is 4.79 Å². The van der Waals surface area contributed by atoms with Gasteiger partial charge in [0.2, 0.25) is 0 Å². The standard InChI is InChI=1S/C20H21N5O/c1-15(16-6-4-11-21-14-16)25(17-9-10-17)20(26)23-18-7-2-3-8-19(18)24-13-5-12-22-24/h2-8,11-15,17H,9-10H2,1H3,(H,23,26)/t15-/m1/s1. The zero-order valence-corrected chi connectivity index (χ0v) is 14.6. The van der Waals surface area contributed by atoms with E-state index < -0.39 is 0 Å². The van der Waals surface area contributed by atoms with Gasteiger partial charge in [0, 0.05) is 30.8 Å². The van der Waals surface area contributed by atoms with E-state index in [1.165, 1.54) is 0 Å². The molecule has 4 rings (SSSR count). The highest BCUT2D eigenvalue weighted by Gasteiger charge is 2.36. The van der Waals surface area contributed by atoms with Crippen LogP contribution in [-0.4, -0.2) is 31.7 Å². The van der Waals surface area contributed by atoms with Gasteiger partial charge in [-0.05, 0) is 49.6 Å². The van der Waals surface area contributed by atoms with Crippen LogP contribution in [0.2, 0.25) is 0 Å². The molecule has 1 N–H and O–H groups in total. The molecule has 6 nitrogen and oxygen atoms in total. The van der Waals surface area contributed by atoms with Crippen molar-refractivity contribution in [3.05, 3.63) is 72.8 Å². The van der Waals surface area contributed by atoms with Crippen LogP contribution < -0.4 is 5.32 Å². The number of carbonyl (C=O) groups is 1. The summed E-state index contributed by atoms with van der Waals surface area (Å²) in [6, 6.07) is 13.6. The van der Waals surface area contributed by atoms with Crippen molar-refractivity contribution in [3.63, 3.8) is 0 Å². The molecular formula is C20H21N5O. The average molecular weight is 347 g/mol. The number of urea groups is 1. The Morgan fingerprint density at radius 1 is 1.19 bits per heavy atom. The van der Waals surface area contributed by atoms with Gasteiger partial charge in [-0.1, -0.05) is 18.2 Å². The van der Waals surface area contributed by atoms with E-state index >= 15 is 0 Å². The third kappa shape index (κ3) is 3.31.